The van der Waals surface area contributed by atoms with Crippen molar-refractivity contribution >= 4 is 54.4 Å². The second-order valence-corrected chi connectivity index (χ2v) is 12.0. The van der Waals surface area contributed by atoms with Crippen LogP contribution in [0.15, 0.2) is 45.8 Å². The Morgan fingerprint density at radius 2 is 1.83 bits per heavy atom. The summed E-state index contributed by atoms with van der Waals surface area (Å²) in [5.74, 6) is -0.815. The van der Waals surface area contributed by atoms with Gasteiger partial charge in [0.15, 0.2) is 0 Å². The van der Waals surface area contributed by atoms with Crippen molar-refractivity contribution in [2.75, 3.05) is 19.6 Å². The first-order chi connectivity index (χ1) is 16.7. The minimum absolute atomic E-state index is 0.0540. The summed E-state index contributed by atoms with van der Waals surface area (Å²) in [6, 6.07) is 8.92. The molecule has 9 nitrogen and oxygen atoms in total. The Kier molecular flexibility index (Phi) is 6.58. The van der Waals surface area contributed by atoms with Crippen molar-refractivity contribution in [3.63, 3.8) is 0 Å². The fourth-order valence-electron chi connectivity index (χ4n) is 5.32. The number of hydrogen-bond donors (Lipinski definition) is 2. The number of rotatable bonds is 5. The number of amides is 3. The molecule has 2 aromatic carbocycles. The predicted octanol–water partition coefficient (Wildman–Crippen LogP) is 1.75. The number of carbonyl (C=O) groups excluding carboxylic acids is 3. The molecule has 3 aliphatic heterocycles. The third kappa shape index (κ3) is 4.81. The van der Waals surface area contributed by atoms with E-state index in [0.29, 0.717) is 32.4 Å². The van der Waals surface area contributed by atoms with Crippen LogP contribution in [0.25, 0.3) is 10.8 Å². The molecule has 35 heavy (non-hydrogen) atoms. The fourth-order valence-corrected chi connectivity index (χ4v) is 6.96. The molecule has 0 spiro atoms. The standard InChI is InChI=1S/C24H27BrN4O5S/c25-17-8-6-16-12-19(9-7-15(16)11-17)35(33,34)27-20-4-2-10-28(24(20)32)14-22(30)29-18-3-1-5-21(29)23(31)26-13-18/h6-9,11-12,18,20-21,27H,1-5,10,13-14H2,(H,26,31)/t18?,20-,21?/m0/s1. The molecular formula is C24H27BrN4O5S. The molecule has 0 saturated carbocycles. The number of hydrogen-bond acceptors (Lipinski definition) is 5. The number of benzene rings is 2. The lowest BCUT2D eigenvalue weighted by Gasteiger charge is -2.46. The average molecular weight is 563 g/mol. The Morgan fingerprint density at radius 3 is 2.66 bits per heavy atom. The monoisotopic (exact) mass is 562 g/mol. The Hall–Kier alpha value is -2.50. The van der Waals surface area contributed by atoms with E-state index in [1.165, 1.54) is 11.0 Å². The molecule has 0 aromatic heterocycles. The smallest absolute Gasteiger partial charge is 0.243 e. The molecule has 3 fully saturated rings. The minimum atomic E-state index is -3.94. The summed E-state index contributed by atoms with van der Waals surface area (Å²) < 4.78 is 29.6. The van der Waals surface area contributed by atoms with Crippen molar-refractivity contribution in [1.82, 2.24) is 19.8 Å². The third-order valence-electron chi connectivity index (χ3n) is 7.08. The van der Waals surface area contributed by atoms with Gasteiger partial charge in [-0.15, -0.1) is 0 Å². The van der Waals surface area contributed by atoms with E-state index in [4.69, 9.17) is 0 Å². The maximum atomic E-state index is 13.2. The van der Waals surface area contributed by atoms with E-state index in [-0.39, 0.29) is 29.3 Å². The third-order valence-corrected chi connectivity index (χ3v) is 9.05. The van der Waals surface area contributed by atoms with Crippen LogP contribution >= 0.6 is 15.9 Å². The van der Waals surface area contributed by atoms with Gasteiger partial charge in [-0.3, -0.25) is 14.4 Å². The molecular weight excluding hydrogens is 536 g/mol. The van der Waals surface area contributed by atoms with Crippen molar-refractivity contribution < 1.29 is 22.8 Å². The molecule has 3 saturated heterocycles. The van der Waals surface area contributed by atoms with Crippen LogP contribution in [0.2, 0.25) is 0 Å². The topological polar surface area (TPSA) is 116 Å². The van der Waals surface area contributed by atoms with Gasteiger partial charge in [0.05, 0.1) is 11.4 Å². The molecule has 11 heteroatoms. The Balaban J connectivity index is 1.28. The van der Waals surface area contributed by atoms with E-state index < -0.39 is 28.0 Å². The van der Waals surface area contributed by atoms with Crippen LogP contribution < -0.4 is 10.0 Å². The highest BCUT2D eigenvalue weighted by Gasteiger charge is 2.43. The Labute approximate surface area is 212 Å². The molecule has 2 bridgehead atoms. The maximum Gasteiger partial charge on any atom is 0.243 e. The number of fused-ring (bicyclic) bond motifs is 3. The van der Waals surface area contributed by atoms with Crippen LogP contribution in [0, 0.1) is 0 Å². The number of likely N-dealkylation sites (tertiary alicyclic amines) is 1. The van der Waals surface area contributed by atoms with Gasteiger partial charge in [0.2, 0.25) is 27.7 Å². The molecule has 3 heterocycles. The SMILES string of the molecule is O=C1NCC2CCCC1N2C(=O)CN1CCC[C@H](NS(=O)(=O)c2ccc3cc(Br)ccc3c2)C1=O. The summed E-state index contributed by atoms with van der Waals surface area (Å²) in [6.45, 7) is 0.658. The number of carbonyl (C=O) groups is 3. The van der Waals surface area contributed by atoms with Crippen LogP contribution in [-0.2, 0) is 24.4 Å². The summed E-state index contributed by atoms with van der Waals surface area (Å²) in [5, 5.41) is 4.52. The normalized spacial score (nSPS) is 25.0. The van der Waals surface area contributed by atoms with Gasteiger partial charge in [-0.2, -0.15) is 4.72 Å². The fraction of sp³-hybridized carbons (Fsp3) is 0.458. The van der Waals surface area contributed by atoms with Crippen LogP contribution in [0.4, 0.5) is 0 Å². The summed E-state index contributed by atoms with van der Waals surface area (Å²) in [7, 11) is -3.94. The van der Waals surface area contributed by atoms with Crippen LogP contribution in [0.5, 0.6) is 0 Å². The average Bonchev–Trinajstić information content (AvgIpc) is 2.83. The molecule has 186 valence electrons. The lowest BCUT2D eigenvalue weighted by molar-refractivity contribution is -0.153. The largest absolute Gasteiger partial charge is 0.352 e. The van der Waals surface area contributed by atoms with Crippen molar-refractivity contribution in [1.29, 1.82) is 0 Å². The van der Waals surface area contributed by atoms with E-state index in [2.05, 4.69) is 26.0 Å². The van der Waals surface area contributed by atoms with Crippen molar-refractivity contribution in [3.05, 3.63) is 40.9 Å². The quantitative estimate of drug-likeness (QED) is 0.576. The zero-order valence-corrected chi connectivity index (χ0v) is 21.5. The van der Waals surface area contributed by atoms with Gasteiger partial charge >= 0.3 is 0 Å². The highest BCUT2D eigenvalue weighted by atomic mass is 79.9. The van der Waals surface area contributed by atoms with Crippen LogP contribution in [0.1, 0.15) is 32.1 Å². The van der Waals surface area contributed by atoms with E-state index in [1.807, 2.05) is 18.2 Å². The van der Waals surface area contributed by atoms with E-state index >= 15 is 0 Å². The second-order valence-electron chi connectivity index (χ2n) is 9.38. The number of piperazine rings is 1. The first kappa shape index (κ1) is 24.2. The number of nitrogens with one attached hydrogen (secondary N) is 2. The van der Waals surface area contributed by atoms with Crippen molar-refractivity contribution in [2.45, 2.75) is 55.1 Å². The number of piperidine rings is 2. The van der Waals surface area contributed by atoms with Gasteiger partial charge < -0.3 is 15.1 Å². The molecule has 0 aliphatic carbocycles. The second kappa shape index (κ2) is 9.51. The first-order valence-corrected chi connectivity index (χ1v) is 14.1. The molecule has 2 N–H and O–H groups in total. The zero-order chi connectivity index (χ0) is 24.7. The van der Waals surface area contributed by atoms with Crippen LogP contribution in [0.3, 0.4) is 0 Å². The van der Waals surface area contributed by atoms with Crippen molar-refractivity contribution in [2.24, 2.45) is 0 Å². The lowest BCUT2D eigenvalue weighted by atomic mass is 9.91. The first-order valence-electron chi connectivity index (χ1n) is 11.8. The molecule has 3 amide bonds. The van der Waals surface area contributed by atoms with Gasteiger partial charge in [0.1, 0.15) is 12.1 Å². The summed E-state index contributed by atoms with van der Waals surface area (Å²) in [6.07, 6.45) is 3.27. The zero-order valence-electron chi connectivity index (χ0n) is 19.1. The summed E-state index contributed by atoms with van der Waals surface area (Å²) >= 11 is 3.41. The predicted molar refractivity (Wildman–Crippen MR) is 133 cm³/mol. The highest BCUT2D eigenvalue weighted by molar-refractivity contribution is 9.10. The Bertz CT molecular complexity index is 1300. The van der Waals surface area contributed by atoms with E-state index in [9.17, 15) is 22.8 Å². The molecule has 5 rings (SSSR count). The Morgan fingerprint density at radius 1 is 1.06 bits per heavy atom. The van der Waals surface area contributed by atoms with Gasteiger partial charge in [0, 0.05) is 23.6 Å². The van der Waals surface area contributed by atoms with Crippen LogP contribution in [-0.4, -0.2) is 73.7 Å². The number of sulfonamides is 1. The van der Waals surface area contributed by atoms with Gasteiger partial charge in [0.25, 0.3) is 0 Å². The van der Waals surface area contributed by atoms with E-state index in [0.717, 1.165) is 28.1 Å². The summed E-state index contributed by atoms with van der Waals surface area (Å²) in [4.78, 5) is 41.7. The minimum Gasteiger partial charge on any atom is -0.352 e. The molecule has 2 unspecified atom stereocenters. The van der Waals surface area contributed by atoms with Crippen molar-refractivity contribution in [3.8, 4) is 0 Å². The molecule has 2 aromatic rings. The van der Waals surface area contributed by atoms with Gasteiger partial charge in [-0.1, -0.05) is 28.1 Å². The van der Waals surface area contributed by atoms with E-state index in [1.54, 1.807) is 17.0 Å². The van der Waals surface area contributed by atoms with Gasteiger partial charge in [-0.25, -0.2) is 8.42 Å². The summed E-state index contributed by atoms with van der Waals surface area (Å²) in [5.41, 5.74) is 0. The molecule has 3 atom stereocenters. The van der Waals surface area contributed by atoms with Gasteiger partial charge in [-0.05, 0) is 67.1 Å². The highest BCUT2D eigenvalue weighted by Crippen LogP contribution is 2.27. The molecule has 0 radical (unpaired) electrons. The molecule has 3 aliphatic rings. The lowest BCUT2D eigenvalue weighted by Crippen LogP contribution is -2.66. The number of halogens is 1. The maximum absolute atomic E-state index is 13.2. The number of nitrogens with zero attached hydrogens (tertiary/aromatic N) is 2.